The van der Waals surface area contributed by atoms with Crippen molar-refractivity contribution in [2.24, 2.45) is 0 Å². The number of hydrogen-bond acceptors (Lipinski definition) is 6. The Morgan fingerprint density at radius 3 is 2.02 bits per heavy atom. The molecule has 0 atom stereocenters. The summed E-state index contributed by atoms with van der Waals surface area (Å²) in [5, 5.41) is 4.44. The largest absolute Gasteiger partial charge is 0.497 e. The van der Waals surface area contributed by atoms with Gasteiger partial charge < -0.3 is 33.7 Å². The molecule has 2 amide bonds. The molecule has 1 aliphatic rings. The van der Waals surface area contributed by atoms with Gasteiger partial charge in [-0.1, -0.05) is 29.8 Å². The number of methoxy groups -OCH3 is 4. The topological polar surface area (TPSA) is 91.3 Å². The molecular formula is C42H38ClN3O6. The Labute approximate surface area is 307 Å². The van der Waals surface area contributed by atoms with Crippen LogP contribution in [0.25, 0.3) is 22.0 Å². The Hall–Kier alpha value is -5.93. The minimum Gasteiger partial charge on any atom is -0.497 e. The fourth-order valence-electron chi connectivity index (χ4n) is 6.71. The number of aromatic nitrogens is 1. The van der Waals surface area contributed by atoms with Gasteiger partial charge in [-0.3, -0.25) is 9.59 Å². The second kappa shape index (κ2) is 14.7. The zero-order valence-corrected chi connectivity index (χ0v) is 30.1. The Bertz CT molecular complexity index is 2260. The van der Waals surface area contributed by atoms with E-state index in [1.54, 1.807) is 52.7 Å². The molecular weight excluding hydrogens is 678 g/mol. The van der Waals surface area contributed by atoms with Crippen LogP contribution in [0, 0.1) is 0 Å². The Balaban J connectivity index is 1.21. The van der Waals surface area contributed by atoms with Gasteiger partial charge in [0.1, 0.15) is 17.2 Å². The van der Waals surface area contributed by atoms with E-state index < -0.39 is 0 Å². The maximum absolute atomic E-state index is 14.5. The molecule has 10 heteroatoms. The molecule has 0 bridgehead atoms. The van der Waals surface area contributed by atoms with Crippen molar-refractivity contribution in [3.05, 3.63) is 136 Å². The highest BCUT2D eigenvalue weighted by molar-refractivity contribution is 6.30. The molecule has 1 aromatic heterocycles. The highest BCUT2D eigenvalue weighted by Gasteiger charge is 2.27. The first-order valence-electron chi connectivity index (χ1n) is 16.8. The monoisotopic (exact) mass is 715 g/mol. The summed E-state index contributed by atoms with van der Waals surface area (Å²) in [7, 11) is 6.49. The molecule has 7 rings (SSSR count). The number of anilines is 1. The highest BCUT2D eigenvalue weighted by Crippen LogP contribution is 2.35. The summed E-state index contributed by atoms with van der Waals surface area (Å²) < 4.78 is 24.3. The number of nitrogens with one attached hydrogen (secondary N) is 1. The Morgan fingerprint density at radius 1 is 0.712 bits per heavy atom. The molecule has 9 nitrogen and oxygen atoms in total. The van der Waals surface area contributed by atoms with Crippen molar-refractivity contribution in [3.63, 3.8) is 0 Å². The number of ether oxygens (including phenoxy) is 4. The van der Waals surface area contributed by atoms with Gasteiger partial charge in [0.2, 0.25) is 0 Å². The number of halogens is 1. The van der Waals surface area contributed by atoms with E-state index in [0.717, 1.165) is 38.7 Å². The van der Waals surface area contributed by atoms with Gasteiger partial charge in [0.25, 0.3) is 11.8 Å². The first-order chi connectivity index (χ1) is 25.3. The number of benzene rings is 5. The lowest BCUT2D eigenvalue weighted by Gasteiger charge is -2.30. The van der Waals surface area contributed by atoms with E-state index >= 15 is 0 Å². The van der Waals surface area contributed by atoms with Crippen LogP contribution in [0.1, 0.15) is 37.5 Å². The summed E-state index contributed by atoms with van der Waals surface area (Å²) in [5.41, 5.74) is 7.77. The third kappa shape index (κ3) is 7.00. The van der Waals surface area contributed by atoms with Crippen LogP contribution >= 0.6 is 11.6 Å². The molecule has 264 valence electrons. The van der Waals surface area contributed by atoms with Crippen LogP contribution in [0.15, 0.2) is 103 Å². The molecule has 6 aromatic rings. The molecule has 5 aromatic carbocycles. The van der Waals surface area contributed by atoms with Gasteiger partial charge in [0.05, 0.1) is 28.4 Å². The number of carbonyl (C=O) groups is 2. The van der Waals surface area contributed by atoms with E-state index in [1.165, 1.54) is 0 Å². The summed E-state index contributed by atoms with van der Waals surface area (Å²) >= 11 is 5.97. The van der Waals surface area contributed by atoms with Gasteiger partial charge in [-0.2, -0.15) is 0 Å². The van der Waals surface area contributed by atoms with Gasteiger partial charge >= 0.3 is 0 Å². The van der Waals surface area contributed by atoms with Crippen LogP contribution in [0.5, 0.6) is 23.0 Å². The fraction of sp³-hybridized carbons (Fsp3) is 0.190. The van der Waals surface area contributed by atoms with Crippen molar-refractivity contribution < 1.29 is 28.5 Å². The first kappa shape index (κ1) is 34.5. The second-order valence-corrected chi connectivity index (χ2v) is 13.0. The number of amides is 2. The summed E-state index contributed by atoms with van der Waals surface area (Å²) in [4.78, 5) is 29.1. The molecule has 0 aliphatic carbocycles. The number of nitrogens with zero attached hydrogens (tertiary/aromatic N) is 2. The van der Waals surface area contributed by atoms with E-state index in [-0.39, 0.29) is 11.8 Å². The lowest BCUT2D eigenvalue weighted by atomic mass is 9.98. The fourth-order valence-corrected chi connectivity index (χ4v) is 6.83. The smallest absolute Gasteiger partial charge is 0.270 e. The minimum absolute atomic E-state index is 0.0613. The molecule has 0 saturated heterocycles. The highest BCUT2D eigenvalue weighted by atomic mass is 35.5. The third-order valence-corrected chi connectivity index (χ3v) is 9.71. The van der Waals surface area contributed by atoms with Crippen LogP contribution < -0.4 is 24.3 Å². The van der Waals surface area contributed by atoms with Gasteiger partial charge in [-0.05, 0) is 113 Å². The maximum atomic E-state index is 14.5. The SMILES string of the molecule is COc1cc(Cn2c(C(=O)N3CCc4cc(OC)c(OC)cc4C3)cc3cc(-c4ccc(NC(=O)c5ccc(Cl)cc5)cc4)ccc32)cc(OC)c1. The average Bonchev–Trinajstić information content (AvgIpc) is 3.54. The van der Waals surface area contributed by atoms with E-state index in [9.17, 15) is 9.59 Å². The standard InChI is InChI=1S/C42H38ClN3O6/c1-49-35-17-26(18-36(23-35)50-2)24-46-37-14-9-29(27-7-12-34(13-8-27)44-41(47)28-5-10-33(43)11-6-28)19-31(37)20-38(46)42(48)45-16-15-30-21-39(51-3)40(52-4)22-32(30)25-45/h5-14,17-23H,15-16,24-25H2,1-4H3,(H,44,47). The second-order valence-electron chi connectivity index (χ2n) is 12.6. The first-order valence-corrected chi connectivity index (χ1v) is 17.2. The predicted molar refractivity (Wildman–Crippen MR) is 203 cm³/mol. The van der Waals surface area contributed by atoms with Crippen molar-refractivity contribution in [2.45, 2.75) is 19.5 Å². The van der Waals surface area contributed by atoms with E-state index in [2.05, 4.69) is 28.1 Å². The number of rotatable bonds is 10. The molecule has 0 saturated carbocycles. The number of hydrogen-bond donors (Lipinski definition) is 1. The van der Waals surface area contributed by atoms with E-state index in [0.29, 0.717) is 71.0 Å². The van der Waals surface area contributed by atoms with Gasteiger partial charge in [0, 0.05) is 52.9 Å². The predicted octanol–water partition coefficient (Wildman–Crippen LogP) is 8.50. The molecule has 52 heavy (non-hydrogen) atoms. The van der Waals surface area contributed by atoms with Crippen molar-refractivity contribution in [1.82, 2.24) is 9.47 Å². The summed E-state index contributed by atoms with van der Waals surface area (Å²) in [5.74, 6) is 2.39. The quantitative estimate of drug-likeness (QED) is 0.153. The van der Waals surface area contributed by atoms with Crippen LogP contribution in [0.3, 0.4) is 0 Å². The lowest BCUT2D eigenvalue weighted by molar-refractivity contribution is 0.0724. The van der Waals surface area contributed by atoms with Gasteiger partial charge in [-0.15, -0.1) is 0 Å². The van der Waals surface area contributed by atoms with Crippen LogP contribution in [-0.2, 0) is 19.5 Å². The summed E-state index contributed by atoms with van der Waals surface area (Å²) in [6.07, 6.45) is 0.703. The normalized spacial score (nSPS) is 12.3. The minimum atomic E-state index is -0.214. The molecule has 1 N–H and O–H groups in total. The third-order valence-electron chi connectivity index (χ3n) is 9.46. The van der Waals surface area contributed by atoms with Crippen molar-refractivity contribution in [2.75, 3.05) is 40.3 Å². The van der Waals surface area contributed by atoms with Crippen molar-refractivity contribution >= 4 is 40.0 Å². The molecule has 2 heterocycles. The molecule has 0 radical (unpaired) electrons. The summed E-state index contributed by atoms with van der Waals surface area (Å²) in [6, 6.07) is 32.4. The zero-order valence-electron chi connectivity index (χ0n) is 29.4. The molecule has 1 aliphatic heterocycles. The Morgan fingerprint density at radius 2 is 1.37 bits per heavy atom. The molecule has 0 unspecified atom stereocenters. The van der Waals surface area contributed by atoms with E-state index in [1.807, 2.05) is 65.6 Å². The zero-order chi connectivity index (χ0) is 36.4. The van der Waals surface area contributed by atoms with Crippen LogP contribution in [0.4, 0.5) is 5.69 Å². The van der Waals surface area contributed by atoms with Crippen molar-refractivity contribution in [3.8, 4) is 34.1 Å². The molecule has 0 spiro atoms. The number of fused-ring (bicyclic) bond motifs is 2. The van der Waals surface area contributed by atoms with Crippen LogP contribution in [0.2, 0.25) is 5.02 Å². The lowest BCUT2D eigenvalue weighted by Crippen LogP contribution is -2.37. The van der Waals surface area contributed by atoms with Gasteiger partial charge in [-0.25, -0.2) is 0 Å². The van der Waals surface area contributed by atoms with Crippen LogP contribution in [-0.4, -0.2) is 56.3 Å². The number of carbonyl (C=O) groups excluding carboxylic acids is 2. The molecule has 0 fully saturated rings. The van der Waals surface area contributed by atoms with Crippen molar-refractivity contribution in [1.29, 1.82) is 0 Å². The maximum Gasteiger partial charge on any atom is 0.270 e. The average molecular weight is 716 g/mol. The summed E-state index contributed by atoms with van der Waals surface area (Å²) in [6.45, 7) is 1.45. The van der Waals surface area contributed by atoms with Gasteiger partial charge in [0.15, 0.2) is 11.5 Å². The van der Waals surface area contributed by atoms with E-state index in [4.69, 9.17) is 30.5 Å². The Kier molecular flexibility index (Phi) is 9.78.